The number of rotatable bonds is 5. The van der Waals surface area contributed by atoms with Gasteiger partial charge in [0, 0.05) is 19.5 Å². The number of methoxy groups -OCH3 is 1. The maximum atomic E-state index is 11.3. The van der Waals surface area contributed by atoms with E-state index in [2.05, 4.69) is 4.74 Å². The van der Waals surface area contributed by atoms with Crippen LogP contribution in [0, 0.1) is 0 Å². The van der Waals surface area contributed by atoms with Crippen molar-refractivity contribution in [3.63, 3.8) is 0 Å². The Hall–Kier alpha value is -0.330. The third kappa shape index (κ3) is 4.44. The van der Waals surface area contributed by atoms with Crippen LogP contribution in [0.25, 0.3) is 0 Å². The first-order valence-electron chi connectivity index (χ1n) is 3.51. The number of alkyl halides is 1. The van der Waals surface area contributed by atoms with E-state index in [-0.39, 0.29) is 12.4 Å². The molecule has 0 aromatic heterocycles. The van der Waals surface area contributed by atoms with Crippen LogP contribution in [0.4, 0.5) is 0 Å². The summed E-state index contributed by atoms with van der Waals surface area (Å²) in [6.45, 7) is 0.181. The predicted molar refractivity (Wildman–Crippen MR) is 49.2 cm³/mol. The van der Waals surface area contributed by atoms with Crippen molar-refractivity contribution >= 4 is 27.6 Å². The highest BCUT2D eigenvalue weighted by Gasteiger charge is 2.21. The Morgan fingerprint density at radius 1 is 1.54 bits per heavy atom. The van der Waals surface area contributed by atoms with E-state index in [0.717, 1.165) is 11.4 Å². The van der Waals surface area contributed by atoms with Gasteiger partial charge in [-0.15, -0.1) is 11.6 Å². The van der Waals surface area contributed by atoms with E-state index in [1.165, 1.54) is 7.05 Å². The summed E-state index contributed by atoms with van der Waals surface area (Å²) in [7, 11) is -1.06. The van der Waals surface area contributed by atoms with Gasteiger partial charge >= 0.3 is 5.97 Å². The van der Waals surface area contributed by atoms with Crippen molar-refractivity contribution in [1.29, 1.82) is 0 Å². The van der Waals surface area contributed by atoms with Crippen LogP contribution in [-0.4, -0.2) is 51.0 Å². The molecule has 0 rings (SSSR count). The van der Waals surface area contributed by atoms with Gasteiger partial charge in [0.1, 0.15) is 0 Å². The van der Waals surface area contributed by atoms with Gasteiger partial charge in [0.15, 0.2) is 5.75 Å². The highest BCUT2D eigenvalue weighted by Crippen LogP contribution is 1.98. The molecule has 0 atom stereocenters. The van der Waals surface area contributed by atoms with Crippen molar-refractivity contribution < 1.29 is 17.9 Å². The number of carbonyl (C=O) groups is 1. The van der Waals surface area contributed by atoms with Crippen molar-refractivity contribution in [3.8, 4) is 0 Å². The number of esters is 1. The van der Waals surface area contributed by atoms with Crippen LogP contribution >= 0.6 is 11.6 Å². The predicted octanol–water partition coefficient (Wildman–Crippen LogP) is -0.340. The van der Waals surface area contributed by atoms with Gasteiger partial charge in [-0.05, 0) is 0 Å². The number of carbonyl (C=O) groups excluding carboxylic acids is 1. The van der Waals surface area contributed by atoms with Gasteiger partial charge in [-0.2, -0.15) is 0 Å². The molecule has 0 aliphatic heterocycles. The molecule has 5 nitrogen and oxygen atoms in total. The Morgan fingerprint density at radius 3 is 2.46 bits per heavy atom. The summed E-state index contributed by atoms with van der Waals surface area (Å²) in [5, 5.41) is 0. The Bertz CT molecular complexity index is 264. The van der Waals surface area contributed by atoms with Crippen molar-refractivity contribution in [3.05, 3.63) is 0 Å². The van der Waals surface area contributed by atoms with Gasteiger partial charge in [0.2, 0.25) is 10.0 Å². The summed E-state index contributed by atoms with van der Waals surface area (Å²) in [5.74, 6) is -1.23. The topological polar surface area (TPSA) is 63.7 Å². The van der Waals surface area contributed by atoms with Crippen molar-refractivity contribution in [2.24, 2.45) is 0 Å². The molecule has 0 spiro atoms. The molecule has 0 radical (unpaired) electrons. The summed E-state index contributed by atoms with van der Waals surface area (Å²) in [6, 6.07) is 0. The summed E-state index contributed by atoms with van der Waals surface area (Å²) in [4.78, 5) is 10.7. The number of hydrogen-bond acceptors (Lipinski definition) is 4. The molecular weight excluding hydrogens is 218 g/mol. The fourth-order valence-corrected chi connectivity index (χ4v) is 1.94. The van der Waals surface area contributed by atoms with E-state index in [1.54, 1.807) is 0 Å². The number of hydrogen-bond donors (Lipinski definition) is 0. The third-order valence-corrected chi connectivity index (χ3v) is 3.30. The Kier molecular flexibility index (Phi) is 5.27. The number of nitrogens with zero attached hydrogens (tertiary/aromatic N) is 1. The van der Waals surface area contributed by atoms with Gasteiger partial charge in [0.25, 0.3) is 0 Å². The second kappa shape index (κ2) is 5.41. The fraction of sp³-hybridized carbons (Fsp3) is 0.833. The van der Waals surface area contributed by atoms with Crippen LogP contribution < -0.4 is 0 Å². The molecule has 0 N–H and O–H groups in total. The van der Waals surface area contributed by atoms with Crippen LogP contribution in [0.15, 0.2) is 0 Å². The van der Waals surface area contributed by atoms with E-state index in [0.29, 0.717) is 0 Å². The largest absolute Gasteiger partial charge is 0.468 e. The highest BCUT2D eigenvalue weighted by atomic mass is 35.5. The molecular formula is C6H12ClNO4S. The molecule has 0 unspecified atom stereocenters. The minimum atomic E-state index is -3.56. The molecule has 0 heterocycles. The molecule has 7 heteroatoms. The molecule has 78 valence electrons. The van der Waals surface area contributed by atoms with Gasteiger partial charge in [0.05, 0.1) is 7.11 Å². The third-order valence-electron chi connectivity index (χ3n) is 1.40. The molecule has 0 saturated carbocycles. The standard InChI is InChI=1S/C6H12ClNO4S/c1-8(4-3-7)13(10,11)5-6(9)12-2/h3-5H2,1-2H3. The molecule has 0 amide bonds. The zero-order valence-electron chi connectivity index (χ0n) is 7.49. The van der Waals surface area contributed by atoms with Crippen molar-refractivity contribution in [2.75, 3.05) is 32.3 Å². The van der Waals surface area contributed by atoms with Crippen LogP contribution in [0.2, 0.25) is 0 Å². The quantitative estimate of drug-likeness (QED) is 0.478. The van der Waals surface area contributed by atoms with Crippen LogP contribution in [0.5, 0.6) is 0 Å². The first-order chi connectivity index (χ1) is 5.94. The summed E-state index contributed by atoms with van der Waals surface area (Å²) in [5.41, 5.74) is 0. The monoisotopic (exact) mass is 229 g/mol. The average Bonchev–Trinajstić information content (AvgIpc) is 2.04. The van der Waals surface area contributed by atoms with Crippen molar-refractivity contribution in [1.82, 2.24) is 4.31 Å². The first-order valence-corrected chi connectivity index (χ1v) is 5.65. The van der Waals surface area contributed by atoms with E-state index in [1.807, 2.05) is 0 Å². The SMILES string of the molecule is COC(=O)CS(=O)(=O)N(C)CCCl. The number of halogens is 1. The fourth-order valence-electron chi connectivity index (χ4n) is 0.576. The van der Waals surface area contributed by atoms with Crippen molar-refractivity contribution in [2.45, 2.75) is 0 Å². The maximum Gasteiger partial charge on any atom is 0.322 e. The zero-order valence-corrected chi connectivity index (χ0v) is 9.06. The summed E-state index contributed by atoms with van der Waals surface area (Å²) in [6.07, 6.45) is 0. The second-order valence-electron chi connectivity index (χ2n) is 2.34. The van der Waals surface area contributed by atoms with Crippen LogP contribution in [-0.2, 0) is 19.6 Å². The molecule has 13 heavy (non-hydrogen) atoms. The van der Waals surface area contributed by atoms with E-state index in [9.17, 15) is 13.2 Å². The lowest BCUT2D eigenvalue weighted by molar-refractivity contribution is -0.137. The number of sulfonamides is 1. The zero-order chi connectivity index (χ0) is 10.5. The van der Waals surface area contributed by atoms with E-state index in [4.69, 9.17) is 11.6 Å². The Balaban J connectivity index is 4.31. The van der Waals surface area contributed by atoms with Crippen LogP contribution in [0.1, 0.15) is 0 Å². The van der Waals surface area contributed by atoms with Gasteiger partial charge in [-0.1, -0.05) is 0 Å². The van der Waals surface area contributed by atoms with E-state index < -0.39 is 21.7 Å². The minimum Gasteiger partial charge on any atom is -0.468 e. The lowest BCUT2D eigenvalue weighted by Gasteiger charge is -2.14. The molecule has 0 bridgehead atoms. The molecule has 0 aliphatic rings. The molecule has 0 aromatic rings. The maximum absolute atomic E-state index is 11.3. The highest BCUT2D eigenvalue weighted by molar-refractivity contribution is 7.89. The first kappa shape index (κ1) is 12.7. The lowest BCUT2D eigenvalue weighted by atomic mass is 10.8. The molecule has 0 aromatic carbocycles. The van der Waals surface area contributed by atoms with Gasteiger partial charge < -0.3 is 4.74 Å². The minimum absolute atomic E-state index is 0.181. The Labute approximate surface area is 82.7 Å². The second-order valence-corrected chi connectivity index (χ2v) is 4.80. The molecule has 0 aliphatic carbocycles. The normalized spacial score (nSPS) is 11.7. The summed E-state index contributed by atoms with van der Waals surface area (Å²) < 4.78 is 27.8. The molecule has 0 saturated heterocycles. The smallest absolute Gasteiger partial charge is 0.322 e. The summed E-state index contributed by atoms with van der Waals surface area (Å²) >= 11 is 5.35. The van der Waals surface area contributed by atoms with Gasteiger partial charge in [-0.3, -0.25) is 4.79 Å². The lowest BCUT2D eigenvalue weighted by Crippen LogP contribution is -2.34. The molecule has 0 fully saturated rings. The average molecular weight is 230 g/mol. The van der Waals surface area contributed by atoms with E-state index >= 15 is 0 Å². The van der Waals surface area contributed by atoms with Gasteiger partial charge in [-0.25, -0.2) is 12.7 Å². The Morgan fingerprint density at radius 2 is 2.08 bits per heavy atom. The number of ether oxygens (including phenoxy) is 1. The van der Waals surface area contributed by atoms with Crippen LogP contribution in [0.3, 0.4) is 0 Å².